The van der Waals surface area contributed by atoms with Gasteiger partial charge in [0.05, 0.1) is 12.2 Å². The summed E-state index contributed by atoms with van der Waals surface area (Å²) in [6.07, 6.45) is -4.76. The number of ether oxygens (including phenoxy) is 1. The monoisotopic (exact) mass is 471 g/mol. The Morgan fingerprint density at radius 2 is 1.94 bits per heavy atom. The number of alkyl halides is 3. The Morgan fingerprint density at radius 1 is 1.16 bits per heavy atom. The van der Waals surface area contributed by atoms with Gasteiger partial charge in [-0.1, -0.05) is 41.6 Å². The molecule has 0 aliphatic carbocycles. The maximum Gasteiger partial charge on any atom is 0.573 e. The van der Waals surface area contributed by atoms with E-state index in [0.29, 0.717) is 27.4 Å². The molecule has 11 heteroatoms. The van der Waals surface area contributed by atoms with Crippen LogP contribution in [0.5, 0.6) is 5.75 Å². The molecule has 0 radical (unpaired) electrons. The molecule has 2 aromatic carbocycles. The Bertz CT molecular complexity index is 1060. The summed E-state index contributed by atoms with van der Waals surface area (Å²) in [5.74, 6) is 0.389. The minimum absolute atomic E-state index is 0.179. The van der Waals surface area contributed by atoms with Gasteiger partial charge in [0, 0.05) is 17.0 Å². The van der Waals surface area contributed by atoms with Gasteiger partial charge in [-0.2, -0.15) is 0 Å². The lowest BCUT2D eigenvalue weighted by atomic mass is 10.2. The third-order valence-electron chi connectivity index (χ3n) is 4.41. The molecule has 164 valence electrons. The van der Waals surface area contributed by atoms with Crippen LogP contribution in [0, 0.1) is 0 Å². The lowest BCUT2D eigenvalue weighted by Gasteiger charge is -2.13. The average molecular weight is 472 g/mol. The van der Waals surface area contributed by atoms with Crippen LogP contribution in [-0.2, 0) is 22.9 Å². The van der Waals surface area contributed by atoms with Gasteiger partial charge in [0.15, 0.2) is 17.7 Å². The van der Waals surface area contributed by atoms with Crippen LogP contribution in [-0.4, -0.2) is 29.7 Å². The number of rotatable bonds is 5. The quantitative estimate of drug-likeness (QED) is 0.459. The van der Waals surface area contributed by atoms with E-state index in [1.165, 1.54) is 30.0 Å². The van der Waals surface area contributed by atoms with Crippen molar-refractivity contribution in [3.05, 3.63) is 64.8 Å². The van der Waals surface area contributed by atoms with Crippen molar-refractivity contribution in [2.45, 2.75) is 29.6 Å². The van der Waals surface area contributed by atoms with E-state index >= 15 is 0 Å². The maximum absolute atomic E-state index is 12.6. The van der Waals surface area contributed by atoms with Gasteiger partial charge in [-0.05, 0) is 35.9 Å². The van der Waals surface area contributed by atoms with Crippen molar-refractivity contribution in [3.63, 3.8) is 0 Å². The largest absolute Gasteiger partial charge is 0.573 e. The van der Waals surface area contributed by atoms with E-state index in [9.17, 15) is 13.2 Å². The van der Waals surface area contributed by atoms with Gasteiger partial charge >= 0.3 is 6.36 Å². The first-order chi connectivity index (χ1) is 14.8. The van der Waals surface area contributed by atoms with Gasteiger partial charge in [-0.25, -0.2) is 14.8 Å². The normalized spacial score (nSPS) is 14.3. The molecule has 2 heterocycles. The second kappa shape index (κ2) is 8.99. The first-order valence-electron chi connectivity index (χ1n) is 9.11. The topological polar surface area (TPSA) is 48.8 Å². The highest BCUT2D eigenvalue weighted by Crippen LogP contribution is 2.36. The Labute approximate surface area is 185 Å². The molecular weight excluding hydrogens is 455 g/mol. The minimum Gasteiger partial charge on any atom is -0.406 e. The van der Waals surface area contributed by atoms with E-state index in [-0.39, 0.29) is 19.1 Å². The molecule has 0 spiro atoms. The van der Waals surface area contributed by atoms with Crippen LogP contribution in [0.25, 0.3) is 0 Å². The Morgan fingerprint density at radius 3 is 2.68 bits per heavy atom. The highest BCUT2D eigenvalue weighted by molar-refractivity contribution is 7.99. The van der Waals surface area contributed by atoms with Crippen molar-refractivity contribution in [1.29, 1.82) is 0 Å². The second-order valence-electron chi connectivity index (χ2n) is 6.71. The summed E-state index contributed by atoms with van der Waals surface area (Å²) in [7, 11) is 1.82. The minimum atomic E-state index is -4.76. The van der Waals surface area contributed by atoms with Crippen LogP contribution in [0.4, 0.5) is 19.0 Å². The summed E-state index contributed by atoms with van der Waals surface area (Å²) in [6.45, 7) is 0.847. The molecule has 1 aliphatic heterocycles. The molecule has 0 fully saturated rings. The molecule has 1 aliphatic rings. The van der Waals surface area contributed by atoms with Crippen molar-refractivity contribution in [2.75, 3.05) is 18.7 Å². The Hall–Kier alpha value is -2.40. The summed E-state index contributed by atoms with van der Waals surface area (Å²) >= 11 is 7.22. The van der Waals surface area contributed by atoms with Crippen LogP contribution in [0.15, 0.2) is 58.6 Å². The molecule has 0 amide bonds. The number of fused-ring (bicyclic) bond motifs is 1. The molecule has 0 bridgehead atoms. The van der Waals surface area contributed by atoms with Gasteiger partial charge in [-0.15, -0.1) is 13.2 Å². The lowest BCUT2D eigenvalue weighted by Crippen LogP contribution is -2.19. The fourth-order valence-electron chi connectivity index (χ4n) is 3.03. The number of imidazole rings is 1. The zero-order valence-electron chi connectivity index (χ0n) is 16.2. The van der Waals surface area contributed by atoms with Gasteiger partial charge < -0.3 is 14.2 Å². The number of hydrogen-bond acceptors (Lipinski definition) is 6. The molecule has 0 N–H and O–H groups in total. The van der Waals surface area contributed by atoms with Crippen LogP contribution >= 0.6 is 23.4 Å². The zero-order valence-corrected chi connectivity index (χ0v) is 17.8. The number of aromatic nitrogens is 2. The predicted molar refractivity (Wildman–Crippen MR) is 109 cm³/mol. The Balaban J connectivity index is 1.69. The number of nitrogens with zero attached hydrogens (tertiary/aromatic N) is 3. The van der Waals surface area contributed by atoms with E-state index in [0.717, 1.165) is 11.3 Å². The predicted octanol–water partition coefficient (Wildman–Crippen LogP) is 5.49. The number of anilines is 1. The highest BCUT2D eigenvalue weighted by atomic mass is 35.5. The fourth-order valence-corrected chi connectivity index (χ4v) is 4.10. The molecule has 6 nitrogen and oxygen atoms in total. The molecule has 0 unspecified atom stereocenters. The second-order valence-corrected chi connectivity index (χ2v) is 8.19. The summed E-state index contributed by atoms with van der Waals surface area (Å²) < 4.78 is 43.7. The summed E-state index contributed by atoms with van der Waals surface area (Å²) in [4.78, 5) is 17.4. The van der Waals surface area contributed by atoms with Gasteiger partial charge in [0.2, 0.25) is 0 Å². The lowest BCUT2D eigenvalue weighted by molar-refractivity contribution is -0.300. The van der Waals surface area contributed by atoms with E-state index < -0.39 is 6.36 Å². The molecule has 0 saturated heterocycles. The van der Waals surface area contributed by atoms with E-state index in [1.807, 2.05) is 23.7 Å². The third kappa shape index (κ3) is 5.45. The van der Waals surface area contributed by atoms with Crippen molar-refractivity contribution in [3.8, 4) is 5.75 Å². The van der Waals surface area contributed by atoms with Gasteiger partial charge in [0.1, 0.15) is 12.4 Å². The van der Waals surface area contributed by atoms with Crippen molar-refractivity contribution in [1.82, 2.24) is 9.55 Å². The summed E-state index contributed by atoms with van der Waals surface area (Å²) in [5, 5.41) is 1.22. The van der Waals surface area contributed by atoms with Crippen molar-refractivity contribution < 1.29 is 27.7 Å². The van der Waals surface area contributed by atoms with Crippen LogP contribution in [0.1, 0.15) is 11.3 Å². The van der Waals surface area contributed by atoms with Crippen molar-refractivity contribution >= 4 is 29.2 Å². The Kier molecular flexibility index (Phi) is 6.33. The molecule has 0 atom stereocenters. The smallest absolute Gasteiger partial charge is 0.406 e. The number of hydrogen-bond donors (Lipinski definition) is 0. The van der Waals surface area contributed by atoms with E-state index in [4.69, 9.17) is 26.4 Å². The molecule has 31 heavy (non-hydrogen) atoms. The third-order valence-corrected chi connectivity index (χ3v) is 5.64. The average Bonchev–Trinajstić information content (AvgIpc) is 2.92. The van der Waals surface area contributed by atoms with E-state index in [2.05, 4.69) is 4.74 Å². The van der Waals surface area contributed by atoms with Gasteiger partial charge in [0.25, 0.3) is 0 Å². The zero-order chi connectivity index (χ0) is 22.0. The van der Waals surface area contributed by atoms with Crippen LogP contribution in [0.2, 0.25) is 5.02 Å². The number of halogens is 4. The first-order valence-corrected chi connectivity index (χ1v) is 10.3. The SMILES string of the molecule is CN1COOCc2c1nc(Sc1cccc(OC(F)(F)F)c1)n2Cc1ccc(Cl)cc1. The van der Waals surface area contributed by atoms with Gasteiger partial charge in [-0.3, -0.25) is 0 Å². The number of benzene rings is 2. The summed E-state index contributed by atoms with van der Waals surface area (Å²) in [6, 6.07) is 13.2. The maximum atomic E-state index is 12.6. The fraction of sp³-hybridized carbons (Fsp3) is 0.250. The molecule has 0 saturated carbocycles. The van der Waals surface area contributed by atoms with Crippen LogP contribution in [0.3, 0.4) is 0 Å². The molecule has 3 aromatic rings. The highest BCUT2D eigenvalue weighted by Gasteiger charge is 2.31. The molecular formula is C20H17ClF3N3O3S. The standard InChI is InChI=1S/C20H17ClF3N3O3S/c1-26-12-29-28-11-17-18(26)25-19(27(17)10-13-5-7-14(21)8-6-13)31-16-4-2-3-15(9-16)30-20(22,23)24/h2-9H,10-12H2,1H3. The summed E-state index contributed by atoms with van der Waals surface area (Å²) in [5.41, 5.74) is 1.77. The van der Waals surface area contributed by atoms with E-state index in [1.54, 1.807) is 23.1 Å². The van der Waals surface area contributed by atoms with Crippen LogP contribution < -0.4 is 9.64 Å². The molecule has 4 rings (SSSR count). The van der Waals surface area contributed by atoms with Crippen molar-refractivity contribution in [2.24, 2.45) is 0 Å². The first kappa shape index (κ1) is 21.8. The molecule has 1 aromatic heterocycles.